The molecule has 1 fully saturated rings. The summed E-state index contributed by atoms with van der Waals surface area (Å²) in [6.45, 7) is 1.25. The lowest BCUT2D eigenvalue weighted by atomic mass is 9.87. The van der Waals surface area contributed by atoms with Crippen LogP contribution >= 0.6 is 0 Å². The molecule has 3 aromatic carbocycles. The lowest BCUT2D eigenvalue weighted by Gasteiger charge is -2.41. The molecule has 0 saturated heterocycles. The molecule has 40 heavy (non-hydrogen) atoms. The van der Waals surface area contributed by atoms with Crippen LogP contribution in [0.15, 0.2) is 85.5 Å². The molecule has 0 bridgehead atoms. The van der Waals surface area contributed by atoms with Crippen LogP contribution in [0.25, 0.3) is 0 Å². The first kappa shape index (κ1) is 25.4. The molecule has 9 nitrogen and oxygen atoms in total. The molecule has 2 heterocycles. The van der Waals surface area contributed by atoms with Crippen molar-refractivity contribution in [3.05, 3.63) is 102 Å². The van der Waals surface area contributed by atoms with Gasteiger partial charge in [-0.2, -0.15) is 10.4 Å². The minimum Gasteiger partial charge on any atom is -0.492 e. The maximum Gasteiger partial charge on any atom is 0.411 e. The molecular formula is C31H30N6O3. The number of nitrogens with one attached hydrogen (secondary N) is 1. The van der Waals surface area contributed by atoms with Crippen LogP contribution in [0.2, 0.25) is 0 Å². The van der Waals surface area contributed by atoms with Crippen LogP contribution in [-0.2, 0) is 17.9 Å². The standard InChI is InChI=1S/C31H30N6O3/c32-18-28-27-17-26(39-16-15-36-21-33-20-34-36)13-14-29(27)37(25-7-4-8-25)30(28)23-9-11-24(12-10-23)35-31(38)40-19-22-5-2-1-3-6-22/h1-3,5-6,9-14,17,20-21,25,28,30H,4,7-8,15-16,19H2,(H,35,38). The summed E-state index contributed by atoms with van der Waals surface area (Å²) >= 11 is 0. The molecule has 4 aromatic rings. The molecule has 1 amide bonds. The summed E-state index contributed by atoms with van der Waals surface area (Å²) in [6.07, 6.45) is 6.06. The fourth-order valence-corrected chi connectivity index (χ4v) is 5.41. The van der Waals surface area contributed by atoms with E-state index in [0.717, 1.165) is 41.0 Å². The van der Waals surface area contributed by atoms with Crippen LogP contribution in [0.5, 0.6) is 5.75 Å². The van der Waals surface area contributed by atoms with Gasteiger partial charge in [0.05, 0.1) is 24.6 Å². The van der Waals surface area contributed by atoms with Gasteiger partial charge in [-0.15, -0.1) is 0 Å². The van der Waals surface area contributed by atoms with E-state index >= 15 is 0 Å². The Morgan fingerprint density at radius 1 is 1.07 bits per heavy atom. The third-order valence-corrected chi connectivity index (χ3v) is 7.60. The number of benzene rings is 3. The number of carbonyl (C=O) groups is 1. The van der Waals surface area contributed by atoms with E-state index in [0.29, 0.717) is 24.9 Å². The van der Waals surface area contributed by atoms with Crippen LogP contribution in [0, 0.1) is 11.3 Å². The first-order chi connectivity index (χ1) is 19.7. The highest BCUT2D eigenvalue weighted by Gasteiger charge is 2.44. The van der Waals surface area contributed by atoms with Crippen molar-refractivity contribution in [3.63, 3.8) is 0 Å². The summed E-state index contributed by atoms with van der Waals surface area (Å²) in [5, 5.41) is 17.3. The van der Waals surface area contributed by atoms with Crippen LogP contribution in [0.4, 0.5) is 16.2 Å². The minimum atomic E-state index is -0.507. The van der Waals surface area contributed by atoms with Gasteiger partial charge in [0.1, 0.15) is 31.6 Å². The Kier molecular flexibility index (Phi) is 7.31. The van der Waals surface area contributed by atoms with Crippen LogP contribution in [0.1, 0.15) is 47.9 Å². The van der Waals surface area contributed by atoms with Crippen molar-refractivity contribution in [2.24, 2.45) is 0 Å². The van der Waals surface area contributed by atoms with Crippen molar-refractivity contribution in [1.82, 2.24) is 14.8 Å². The molecule has 1 N–H and O–H groups in total. The Morgan fingerprint density at radius 2 is 1.90 bits per heavy atom. The van der Waals surface area contributed by atoms with Crippen LogP contribution in [0.3, 0.4) is 0 Å². The highest BCUT2D eigenvalue weighted by atomic mass is 16.5. The van der Waals surface area contributed by atoms with Gasteiger partial charge in [-0.25, -0.2) is 14.5 Å². The highest BCUT2D eigenvalue weighted by Crippen LogP contribution is 2.53. The SMILES string of the molecule is N#CC1c2cc(OCCn3cncn3)ccc2N(C2CCC2)C1c1ccc(NC(=O)OCc2ccccc2)cc1. The number of hydrogen-bond acceptors (Lipinski definition) is 7. The van der Waals surface area contributed by atoms with Gasteiger partial charge in [-0.05, 0) is 66.3 Å². The number of nitrogens with zero attached hydrogens (tertiary/aromatic N) is 5. The van der Waals surface area contributed by atoms with E-state index in [1.165, 1.54) is 12.7 Å². The first-order valence-electron chi connectivity index (χ1n) is 13.5. The third-order valence-electron chi connectivity index (χ3n) is 7.60. The zero-order chi connectivity index (χ0) is 27.3. The van der Waals surface area contributed by atoms with Crippen molar-refractivity contribution in [2.75, 3.05) is 16.8 Å². The Labute approximate surface area is 233 Å². The predicted molar refractivity (Wildman–Crippen MR) is 150 cm³/mol. The lowest BCUT2D eigenvalue weighted by Crippen LogP contribution is -2.41. The van der Waals surface area contributed by atoms with Gasteiger partial charge in [0.15, 0.2) is 0 Å². The Balaban J connectivity index is 1.17. The van der Waals surface area contributed by atoms with E-state index in [2.05, 4.69) is 32.4 Å². The summed E-state index contributed by atoms with van der Waals surface area (Å²) in [5.41, 5.74) is 4.69. The fourth-order valence-electron chi connectivity index (χ4n) is 5.41. The molecule has 6 rings (SSSR count). The van der Waals surface area contributed by atoms with Gasteiger partial charge < -0.3 is 14.4 Å². The molecule has 2 unspecified atom stereocenters. The number of rotatable bonds is 9. The molecule has 0 spiro atoms. The monoisotopic (exact) mass is 534 g/mol. The number of carbonyl (C=O) groups excluding carboxylic acids is 1. The maximum absolute atomic E-state index is 12.3. The summed E-state index contributed by atoms with van der Waals surface area (Å²) < 4.78 is 13.1. The molecule has 1 saturated carbocycles. The third kappa shape index (κ3) is 5.34. The van der Waals surface area contributed by atoms with E-state index in [1.54, 1.807) is 11.0 Å². The lowest BCUT2D eigenvalue weighted by molar-refractivity contribution is 0.155. The quantitative estimate of drug-likeness (QED) is 0.288. The molecule has 1 aliphatic carbocycles. The molecular weight excluding hydrogens is 504 g/mol. The van der Waals surface area contributed by atoms with E-state index in [-0.39, 0.29) is 18.6 Å². The zero-order valence-electron chi connectivity index (χ0n) is 22.0. The average Bonchev–Trinajstić information content (AvgIpc) is 3.58. The van der Waals surface area contributed by atoms with E-state index < -0.39 is 6.09 Å². The van der Waals surface area contributed by atoms with E-state index in [1.807, 2.05) is 66.7 Å². The molecule has 9 heteroatoms. The molecule has 0 radical (unpaired) electrons. The Bertz CT molecular complexity index is 1480. The Morgan fingerprint density at radius 3 is 2.60 bits per heavy atom. The molecule has 1 aromatic heterocycles. The predicted octanol–water partition coefficient (Wildman–Crippen LogP) is 5.83. The number of fused-ring (bicyclic) bond motifs is 1. The Hall–Kier alpha value is -4.84. The number of amides is 1. The van der Waals surface area contributed by atoms with Crippen LogP contribution < -0.4 is 15.0 Å². The van der Waals surface area contributed by atoms with E-state index in [4.69, 9.17) is 9.47 Å². The number of aromatic nitrogens is 3. The normalized spacial score (nSPS) is 17.9. The number of ether oxygens (including phenoxy) is 2. The second-order valence-electron chi connectivity index (χ2n) is 10.1. The van der Waals surface area contributed by atoms with Crippen LogP contribution in [-0.4, -0.2) is 33.5 Å². The van der Waals surface area contributed by atoms with Gasteiger partial charge in [-0.1, -0.05) is 42.5 Å². The molecule has 2 aliphatic rings. The molecule has 202 valence electrons. The second-order valence-corrected chi connectivity index (χ2v) is 10.1. The largest absolute Gasteiger partial charge is 0.492 e. The van der Waals surface area contributed by atoms with Crippen molar-refractivity contribution in [3.8, 4) is 11.8 Å². The number of hydrogen-bond donors (Lipinski definition) is 1. The van der Waals surface area contributed by atoms with E-state index in [9.17, 15) is 10.1 Å². The number of anilines is 2. The topological polar surface area (TPSA) is 105 Å². The van der Waals surface area contributed by atoms with Crippen molar-refractivity contribution in [2.45, 2.75) is 50.4 Å². The minimum absolute atomic E-state index is 0.116. The summed E-state index contributed by atoms with van der Waals surface area (Å²) in [6, 6.07) is 26.2. The van der Waals surface area contributed by atoms with Gasteiger partial charge in [0.25, 0.3) is 0 Å². The first-order valence-corrected chi connectivity index (χ1v) is 13.5. The van der Waals surface area contributed by atoms with Crippen molar-refractivity contribution in [1.29, 1.82) is 5.26 Å². The number of nitriles is 1. The maximum atomic E-state index is 12.3. The summed E-state index contributed by atoms with van der Waals surface area (Å²) in [7, 11) is 0. The highest BCUT2D eigenvalue weighted by molar-refractivity contribution is 5.84. The van der Waals surface area contributed by atoms with Gasteiger partial charge in [0.2, 0.25) is 0 Å². The van der Waals surface area contributed by atoms with Crippen molar-refractivity contribution >= 4 is 17.5 Å². The fraction of sp³-hybridized carbons (Fsp3) is 0.290. The zero-order valence-corrected chi connectivity index (χ0v) is 22.0. The summed E-state index contributed by atoms with van der Waals surface area (Å²) in [4.78, 5) is 18.7. The summed E-state index contributed by atoms with van der Waals surface area (Å²) in [5.74, 6) is 0.394. The van der Waals surface area contributed by atoms with Crippen molar-refractivity contribution < 1.29 is 14.3 Å². The van der Waals surface area contributed by atoms with Gasteiger partial charge >= 0.3 is 6.09 Å². The van der Waals surface area contributed by atoms with Gasteiger partial charge in [0, 0.05) is 17.4 Å². The molecule has 1 aliphatic heterocycles. The molecule has 2 atom stereocenters. The smallest absolute Gasteiger partial charge is 0.411 e. The van der Waals surface area contributed by atoms with Gasteiger partial charge in [-0.3, -0.25) is 5.32 Å². The second kappa shape index (κ2) is 11.5. The average molecular weight is 535 g/mol.